The standard InChI is InChI=1S/C14H13F2NO3/c15-11-6-5-8(7-12(11)16)17-13(18)9-3-1-2-4-10(9)14(19)20/h1-2,5-7,9-10H,3-4H2,(H,17,18)(H,19,20)/p-1. The van der Waals surface area contributed by atoms with E-state index in [1.54, 1.807) is 12.2 Å². The Balaban J connectivity index is 2.12. The summed E-state index contributed by atoms with van der Waals surface area (Å²) < 4.78 is 25.8. The highest BCUT2D eigenvalue weighted by molar-refractivity contribution is 5.95. The second kappa shape index (κ2) is 5.81. The molecule has 0 saturated heterocycles. The zero-order chi connectivity index (χ0) is 14.7. The van der Waals surface area contributed by atoms with E-state index in [9.17, 15) is 23.5 Å². The molecule has 2 unspecified atom stereocenters. The molecule has 2 atom stereocenters. The van der Waals surface area contributed by atoms with Gasteiger partial charge in [0.25, 0.3) is 0 Å². The van der Waals surface area contributed by atoms with Gasteiger partial charge in [0.1, 0.15) is 0 Å². The SMILES string of the molecule is O=C([O-])C1CC=CCC1C(=O)Nc1ccc(F)c(F)c1. The lowest BCUT2D eigenvalue weighted by Crippen LogP contribution is -2.41. The molecule has 6 heteroatoms. The number of nitrogens with one attached hydrogen (secondary N) is 1. The lowest BCUT2D eigenvalue weighted by Gasteiger charge is -2.28. The minimum atomic E-state index is -1.29. The van der Waals surface area contributed by atoms with E-state index in [1.807, 2.05) is 0 Å². The van der Waals surface area contributed by atoms with E-state index in [-0.39, 0.29) is 18.5 Å². The first kappa shape index (κ1) is 14.2. The van der Waals surface area contributed by atoms with Crippen molar-refractivity contribution in [2.24, 2.45) is 11.8 Å². The van der Waals surface area contributed by atoms with Gasteiger partial charge in [-0.05, 0) is 25.0 Å². The molecule has 0 radical (unpaired) electrons. The van der Waals surface area contributed by atoms with Crippen LogP contribution in [0, 0.1) is 23.5 Å². The Bertz CT molecular complexity index is 572. The molecule has 0 bridgehead atoms. The molecule has 1 aliphatic rings. The molecule has 1 aromatic carbocycles. The van der Waals surface area contributed by atoms with E-state index in [4.69, 9.17) is 0 Å². The fourth-order valence-electron chi connectivity index (χ4n) is 2.17. The first-order chi connectivity index (χ1) is 9.49. The van der Waals surface area contributed by atoms with Crippen LogP contribution in [-0.4, -0.2) is 11.9 Å². The molecular weight excluding hydrogens is 268 g/mol. The van der Waals surface area contributed by atoms with Crippen LogP contribution < -0.4 is 10.4 Å². The van der Waals surface area contributed by atoms with Crippen molar-refractivity contribution in [2.75, 3.05) is 5.32 Å². The number of aliphatic carboxylic acids is 1. The number of carboxylic acid groups (broad SMARTS) is 1. The fraction of sp³-hybridized carbons (Fsp3) is 0.286. The average molecular weight is 280 g/mol. The van der Waals surface area contributed by atoms with E-state index >= 15 is 0 Å². The van der Waals surface area contributed by atoms with Gasteiger partial charge < -0.3 is 15.2 Å². The number of rotatable bonds is 3. The predicted molar refractivity (Wildman–Crippen MR) is 65.3 cm³/mol. The maximum atomic E-state index is 13.0. The smallest absolute Gasteiger partial charge is 0.228 e. The van der Waals surface area contributed by atoms with Gasteiger partial charge in [0, 0.05) is 23.6 Å². The molecule has 1 aliphatic carbocycles. The molecule has 0 fully saturated rings. The molecule has 0 spiro atoms. The van der Waals surface area contributed by atoms with Crippen LogP contribution in [0.5, 0.6) is 0 Å². The molecule has 0 aromatic heterocycles. The van der Waals surface area contributed by atoms with Crippen molar-refractivity contribution in [1.29, 1.82) is 0 Å². The molecule has 1 amide bonds. The Morgan fingerprint density at radius 3 is 2.35 bits per heavy atom. The third-order valence-corrected chi connectivity index (χ3v) is 3.26. The number of anilines is 1. The van der Waals surface area contributed by atoms with E-state index in [0.717, 1.165) is 12.1 Å². The van der Waals surface area contributed by atoms with Crippen molar-refractivity contribution in [1.82, 2.24) is 0 Å². The lowest BCUT2D eigenvalue weighted by molar-refractivity contribution is -0.313. The number of carbonyl (C=O) groups is 2. The van der Waals surface area contributed by atoms with E-state index in [1.165, 1.54) is 6.07 Å². The van der Waals surface area contributed by atoms with E-state index in [2.05, 4.69) is 5.32 Å². The van der Waals surface area contributed by atoms with Gasteiger partial charge in [0.15, 0.2) is 11.6 Å². The summed E-state index contributed by atoms with van der Waals surface area (Å²) in [5.41, 5.74) is 0.0838. The second-order valence-electron chi connectivity index (χ2n) is 4.59. The first-order valence-electron chi connectivity index (χ1n) is 6.11. The normalized spacial score (nSPS) is 21.5. The van der Waals surface area contributed by atoms with Gasteiger partial charge in [-0.25, -0.2) is 8.78 Å². The summed E-state index contributed by atoms with van der Waals surface area (Å²) in [5, 5.41) is 13.4. The average Bonchev–Trinajstić information content (AvgIpc) is 2.43. The molecule has 2 rings (SSSR count). The molecule has 1 N–H and O–H groups in total. The molecular formula is C14H12F2NO3-. The minimum absolute atomic E-state index is 0.0838. The summed E-state index contributed by atoms with van der Waals surface area (Å²) in [4.78, 5) is 23.0. The molecule has 20 heavy (non-hydrogen) atoms. The van der Waals surface area contributed by atoms with Crippen molar-refractivity contribution in [3.05, 3.63) is 42.0 Å². The fourth-order valence-corrected chi connectivity index (χ4v) is 2.17. The Morgan fingerprint density at radius 1 is 1.10 bits per heavy atom. The summed E-state index contributed by atoms with van der Waals surface area (Å²) in [6, 6.07) is 2.95. The van der Waals surface area contributed by atoms with Crippen LogP contribution in [0.1, 0.15) is 12.8 Å². The van der Waals surface area contributed by atoms with Crippen LogP contribution in [0.15, 0.2) is 30.4 Å². The summed E-state index contributed by atoms with van der Waals surface area (Å²) in [6.45, 7) is 0. The van der Waals surface area contributed by atoms with Crippen LogP contribution in [0.2, 0.25) is 0 Å². The van der Waals surface area contributed by atoms with Gasteiger partial charge in [0.05, 0.1) is 5.92 Å². The lowest BCUT2D eigenvalue weighted by atomic mass is 9.82. The monoisotopic (exact) mass is 280 g/mol. The number of carbonyl (C=O) groups excluding carboxylic acids is 2. The Morgan fingerprint density at radius 2 is 1.75 bits per heavy atom. The van der Waals surface area contributed by atoms with E-state index < -0.39 is 35.3 Å². The highest BCUT2D eigenvalue weighted by Crippen LogP contribution is 2.26. The third kappa shape index (κ3) is 3.01. The van der Waals surface area contributed by atoms with Crippen molar-refractivity contribution in [2.45, 2.75) is 12.8 Å². The van der Waals surface area contributed by atoms with Gasteiger partial charge in [-0.15, -0.1) is 0 Å². The largest absolute Gasteiger partial charge is 0.550 e. The predicted octanol–water partition coefficient (Wildman–Crippen LogP) is 1.24. The Labute approximate surface area is 114 Å². The van der Waals surface area contributed by atoms with Gasteiger partial charge in [-0.2, -0.15) is 0 Å². The molecule has 4 nitrogen and oxygen atoms in total. The van der Waals surface area contributed by atoms with Crippen molar-refractivity contribution in [3.63, 3.8) is 0 Å². The highest BCUT2D eigenvalue weighted by Gasteiger charge is 2.29. The number of allylic oxidation sites excluding steroid dienone is 2. The zero-order valence-corrected chi connectivity index (χ0v) is 10.4. The maximum absolute atomic E-state index is 13.0. The minimum Gasteiger partial charge on any atom is -0.550 e. The van der Waals surface area contributed by atoms with Crippen LogP contribution in [0.3, 0.4) is 0 Å². The Kier molecular flexibility index (Phi) is 4.12. The Hall–Kier alpha value is -2.24. The van der Waals surface area contributed by atoms with Crippen molar-refractivity contribution >= 4 is 17.6 Å². The number of amides is 1. The molecule has 0 aliphatic heterocycles. The highest BCUT2D eigenvalue weighted by atomic mass is 19.2. The molecule has 0 heterocycles. The molecule has 0 saturated carbocycles. The third-order valence-electron chi connectivity index (χ3n) is 3.26. The number of hydrogen-bond acceptors (Lipinski definition) is 3. The molecule has 106 valence electrons. The second-order valence-corrected chi connectivity index (χ2v) is 4.59. The quantitative estimate of drug-likeness (QED) is 0.847. The van der Waals surface area contributed by atoms with Gasteiger partial charge in [-0.3, -0.25) is 4.79 Å². The maximum Gasteiger partial charge on any atom is 0.228 e. The van der Waals surface area contributed by atoms with Gasteiger partial charge in [0.2, 0.25) is 5.91 Å². The number of carboxylic acids is 1. The van der Waals surface area contributed by atoms with E-state index in [0.29, 0.717) is 0 Å². The van der Waals surface area contributed by atoms with Gasteiger partial charge in [-0.1, -0.05) is 12.2 Å². The van der Waals surface area contributed by atoms with Crippen LogP contribution in [0.4, 0.5) is 14.5 Å². The zero-order valence-electron chi connectivity index (χ0n) is 10.4. The van der Waals surface area contributed by atoms with Crippen molar-refractivity contribution < 1.29 is 23.5 Å². The van der Waals surface area contributed by atoms with Crippen LogP contribution in [-0.2, 0) is 9.59 Å². The summed E-state index contributed by atoms with van der Waals surface area (Å²) >= 11 is 0. The summed E-state index contributed by atoms with van der Waals surface area (Å²) in [6.07, 6.45) is 3.89. The first-order valence-corrected chi connectivity index (χ1v) is 6.11. The number of halogens is 2. The number of benzene rings is 1. The van der Waals surface area contributed by atoms with Crippen LogP contribution >= 0.6 is 0 Å². The van der Waals surface area contributed by atoms with Crippen LogP contribution in [0.25, 0.3) is 0 Å². The number of hydrogen-bond donors (Lipinski definition) is 1. The molecule has 1 aromatic rings. The van der Waals surface area contributed by atoms with Crippen molar-refractivity contribution in [3.8, 4) is 0 Å². The summed E-state index contributed by atoms with van der Waals surface area (Å²) in [5.74, 6) is -5.63. The topological polar surface area (TPSA) is 69.2 Å². The summed E-state index contributed by atoms with van der Waals surface area (Å²) in [7, 11) is 0. The van der Waals surface area contributed by atoms with Gasteiger partial charge >= 0.3 is 0 Å².